The highest BCUT2D eigenvalue weighted by molar-refractivity contribution is 6.30. The average Bonchev–Trinajstić information content (AvgIpc) is 2.69. The minimum Gasteiger partial charge on any atom is -0.355 e. The van der Waals surface area contributed by atoms with E-state index in [1.54, 1.807) is 24.3 Å². The first-order valence-corrected chi connectivity index (χ1v) is 10.5. The lowest BCUT2D eigenvalue weighted by Gasteiger charge is -2.30. The van der Waals surface area contributed by atoms with Crippen molar-refractivity contribution in [2.24, 2.45) is 5.92 Å². The van der Waals surface area contributed by atoms with Gasteiger partial charge in [0.25, 0.3) is 0 Å². The van der Waals surface area contributed by atoms with Gasteiger partial charge in [-0.25, -0.2) is 0 Å². The molecule has 1 amide bonds. The molecule has 27 heavy (non-hydrogen) atoms. The summed E-state index contributed by atoms with van der Waals surface area (Å²) in [5.41, 5.74) is 2.22. The van der Waals surface area contributed by atoms with E-state index in [0.29, 0.717) is 11.6 Å². The largest absolute Gasteiger partial charge is 0.355 e. The van der Waals surface area contributed by atoms with Crippen LogP contribution in [-0.2, 0) is 4.79 Å². The van der Waals surface area contributed by atoms with Gasteiger partial charge < -0.3 is 5.32 Å². The Morgan fingerprint density at radius 3 is 2.52 bits per heavy atom. The predicted octanol–water partition coefficient (Wildman–Crippen LogP) is 4.24. The maximum Gasteiger partial charge on any atom is 0.234 e. The van der Waals surface area contributed by atoms with Crippen LogP contribution in [0.4, 0.5) is 0 Å². The number of piperidine rings is 1. The Morgan fingerprint density at radius 1 is 1.11 bits per heavy atom. The lowest BCUT2D eigenvalue weighted by Crippen LogP contribution is -2.42. The van der Waals surface area contributed by atoms with Gasteiger partial charge in [-0.1, -0.05) is 23.3 Å². The van der Waals surface area contributed by atoms with Crippen LogP contribution < -0.4 is 5.32 Å². The molecule has 0 bridgehead atoms. The zero-order chi connectivity index (χ0) is 19.1. The minimum absolute atomic E-state index is 0.0451. The summed E-state index contributed by atoms with van der Waals surface area (Å²) in [5, 5.41) is 3.69. The van der Waals surface area contributed by atoms with Gasteiger partial charge in [-0.2, -0.15) is 0 Å². The number of halogens is 1. The zero-order valence-electron chi connectivity index (χ0n) is 15.9. The zero-order valence-corrected chi connectivity index (χ0v) is 16.6. The van der Waals surface area contributed by atoms with Gasteiger partial charge in [0.2, 0.25) is 5.91 Å². The van der Waals surface area contributed by atoms with E-state index < -0.39 is 0 Å². The van der Waals surface area contributed by atoms with Crippen LogP contribution in [0.5, 0.6) is 0 Å². The molecule has 0 saturated carbocycles. The number of carbonyl (C=O) groups excluding carboxylic acids is 2. The number of ketones is 1. The molecular formula is C22H29ClN2O2. The predicted molar refractivity (Wildman–Crippen MR) is 109 cm³/mol. The monoisotopic (exact) mass is 388 g/mol. The Labute approximate surface area is 167 Å². The number of hydrogen-bond acceptors (Lipinski definition) is 3. The van der Waals surface area contributed by atoms with Gasteiger partial charge in [0.15, 0.2) is 5.78 Å². The normalized spacial score (nSPS) is 18.8. The molecule has 0 aromatic heterocycles. The Bertz CT molecular complexity index is 676. The molecule has 1 aliphatic heterocycles. The molecule has 0 unspecified atom stereocenters. The number of Topliss-reactive ketones (excluding diaryl/α,β-unsaturated/α-hetero) is 1. The highest BCUT2D eigenvalue weighted by Gasteiger charge is 2.26. The Balaban J connectivity index is 1.36. The van der Waals surface area contributed by atoms with Gasteiger partial charge in [0.05, 0.1) is 6.54 Å². The van der Waals surface area contributed by atoms with Crippen molar-refractivity contribution >= 4 is 23.3 Å². The van der Waals surface area contributed by atoms with Crippen molar-refractivity contribution in [3.63, 3.8) is 0 Å². The van der Waals surface area contributed by atoms with E-state index in [-0.39, 0.29) is 17.6 Å². The van der Waals surface area contributed by atoms with E-state index >= 15 is 0 Å². The first-order valence-electron chi connectivity index (χ1n) is 10.1. The molecule has 3 rings (SSSR count). The van der Waals surface area contributed by atoms with Crippen LogP contribution in [0.25, 0.3) is 0 Å². The van der Waals surface area contributed by atoms with Crippen molar-refractivity contribution in [3.05, 3.63) is 46.5 Å². The summed E-state index contributed by atoms with van der Waals surface area (Å²) in [6.45, 7) is 2.75. The van der Waals surface area contributed by atoms with Gasteiger partial charge >= 0.3 is 0 Å². The number of rotatable bonds is 7. The smallest absolute Gasteiger partial charge is 0.234 e. The number of nitrogens with one attached hydrogen (secondary N) is 1. The summed E-state index contributed by atoms with van der Waals surface area (Å²) >= 11 is 5.89. The first kappa shape index (κ1) is 20.1. The van der Waals surface area contributed by atoms with Crippen molar-refractivity contribution in [3.8, 4) is 0 Å². The molecule has 1 N–H and O–H groups in total. The third-order valence-electron chi connectivity index (χ3n) is 5.61. The quantitative estimate of drug-likeness (QED) is 0.561. The molecule has 0 radical (unpaired) electrons. The average molecular weight is 389 g/mol. The highest BCUT2D eigenvalue weighted by Crippen LogP contribution is 2.23. The van der Waals surface area contributed by atoms with Crippen molar-refractivity contribution in [1.29, 1.82) is 0 Å². The van der Waals surface area contributed by atoms with Crippen molar-refractivity contribution in [1.82, 2.24) is 10.2 Å². The topological polar surface area (TPSA) is 49.4 Å². The van der Waals surface area contributed by atoms with E-state index in [1.165, 1.54) is 31.3 Å². The molecule has 2 aliphatic rings. The maximum atomic E-state index is 12.6. The second-order valence-corrected chi connectivity index (χ2v) is 8.07. The third-order valence-corrected chi connectivity index (χ3v) is 5.86. The minimum atomic E-state index is 0.0451. The Morgan fingerprint density at radius 2 is 1.85 bits per heavy atom. The number of hydrogen-bond donors (Lipinski definition) is 1. The van der Waals surface area contributed by atoms with E-state index in [0.717, 1.165) is 44.5 Å². The molecule has 1 heterocycles. The maximum absolute atomic E-state index is 12.6. The van der Waals surface area contributed by atoms with Crippen LogP contribution in [0, 0.1) is 5.92 Å². The molecule has 0 spiro atoms. The van der Waals surface area contributed by atoms with E-state index in [2.05, 4.69) is 16.3 Å². The SMILES string of the molecule is O=C(CN1CCC(C(=O)c2ccc(Cl)cc2)CC1)NCCC1=CCCCC1. The van der Waals surface area contributed by atoms with Crippen molar-refractivity contribution in [2.75, 3.05) is 26.2 Å². The number of nitrogens with zero attached hydrogens (tertiary/aromatic N) is 1. The van der Waals surface area contributed by atoms with Crippen LogP contribution in [0.15, 0.2) is 35.9 Å². The number of amides is 1. The first-order chi connectivity index (χ1) is 13.1. The van der Waals surface area contributed by atoms with Crippen LogP contribution in [0.2, 0.25) is 5.02 Å². The fraction of sp³-hybridized carbons (Fsp3) is 0.545. The van der Waals surface area contributed by atoms with Gasteiger partial charge in [0.1, 0.15) is 0 Å². The van der Waals surface area contributed by atoms with Crippen molar-refractivity contribution < 1.29 is 9.59 Å². The number of likely N-dealkylation sites (tertiary alicyclic amines) is 1. The van der Waals surface area contributed by atoms with Crippen LogP contribution in [-0.4, -0.2) is 42.8 Å². The van der Waals surface area contributed by atoms with Gasteiger partial charge in [-0.3, -0.25) is 14.5 Å². The van der Waals surface area contributed by atoms with E-state index in [1.807, 2.05) is 0 Å². The Kier molecular flexibility index (Phi) is 7.48. The van der Waals surface area contributed by atoms with E-state index in [9.17, 15) is 9.59 Å². The molecule has 146 valence electrons. The lowest BCUT2D eigenvalue weighted by atomic mass is 9.89. The number of carbonyl (C=O) groups is 2. The molecule has 5 heteroatoms. The second-order valence-electron chi connectivity index (χ2n) is 7.63. The molecule has 1 aromatic carbocycles. The van der Waals surface area contributed by atoms with Gasteiger partial charge in [0, 0.05) is 23.0 Å². The molecule has 1 aliphatic carbocycles. The number of benzene rings is 1. The second kappa shape index (κ2) is 10.0. The van der Waals surface area contributed by atoms with Crippen LogP contribution in [0.3, 0.4) is 0 Å². The summed E-state index contributed by atoms with van der Waals surface area (Å²) < 4.78 is 0. The molecule has 1 saturated heterocycles. The lowest BCUT2D eigenvalue weighted by molar-refractivity contribution is -0.122. The number of allylic oxidation sites excluding steroid dienone is 1. The summed E-state index contributed by atoms with van der Waals surface area (Å²) in [4.78, 5) is 26.9. The molecular weight excluding hydrogens is 360 g/mol. The molecule has 1 aromatic rings. The standard InChI is InChI=1S/C22H29ClN2O2/c23-20-8-6-18(7-9-20)22(27)19-11-14-25(15-12-19)16-21(26)24-13-10-17-4-2-1-3-5-17/h4,6-9,19H,1-3,5,10-16H2,(H,24,26). The molecule has 0 atom stereocenters. The summed E-state index contributed by atoms with van der Waals surface area (Å²) in [7, 11) is 0. The van der Waals surface area contributed by atoms with E-state index in [4.69, 9.17) is 11.6 Å². The van der Waals surface area contributed by atoms with Gasteiger partial charge in [-0.15, -0.1) is 0 Å². The van der Waals surface area contributed by atoms with Crippen molar-refractivity contribution in [2.45, 2.75) is 44.9 Å². The van der Waals surface area contributed by atoms with Gasteiger partial charge in [-0.05, 0) is 82.3 Å². The summed E-state index contributed by atoms with van der Waals surface area (Å²) in [6.07, 6.45) is 9.87. The summed E-state index contributed by atoms with van der Waals surface area (Å²) in [5.74, 6) is 0.328. The van der Waals surface area contributed by atoms with Crippen LogP contribution >= 0.6 is 11.6 Å². The molecule has 1 fully saturated rings. The fourth-order valence-corrected chi connectivity index (χ4v) is 4.08. The highest BCUT2D eigenvalue weighted by atomic mass is 35.5. The third kappa shape index (κ3) is 6.18. The molecule has 4 nitrogen and oxygen atoms in total. The van der Waals surface area contributed by atoms with Crippen LogP contribution in [0.1, 0.15) is 55.3 Å². The Hall–Kier alpha value is -1.65. The summed E-state index contributed by atoms with van der Waals surface area (Å²) in [6, 6.07) is 7.12. The fourth-order valence-electron chi connectivity index (χ4n) is 3.96.